The van der Waals surface area contributed by atoms with E-state index in [2.05, 4.69) is 16.1 Å². The van der Waals surface area contributed by atoms with Gasteiger partial charge in [0.2, 0.25) is 11.5 Å². The van der Waals surface area contributed by atoms with Gasteiger partial charge in [0.25, 0.3) is 0 Å². The first-order valence-electron chi connectivity index (χ1n) is 3.97. The second-order valence-corrected chi connectivity index (χ2v) is 2.67. The van der Waals surface area contributed by atoms with Gasteiger partial charge in [0.1, 0.15) is 12.9 Å². The third-order valence-electron chi connectivity index (χ3n) is 1.74. The molecule has 0 radical (unpaired) electrons. The second-order valence-electron chi connectivity index (χ2n) is 2.67. The highest BCUT2D eigenvalue weighted by molar-refractivity contribution is 5.46. The highest BCUT2D eigenvalue weighted by atomic mass is 19.1. The van der Waals surface area contributed by atoms with Gasteiger partial charge in [-0.15, -0.1) is 16.6 Å². The molecule has 0 aliphatic carbocycles. The van der Waals surface area contributed by atoms with Crippen molar-refractivity contribution in [2.75, 3.05) is 6.61 Å². The molecule has 15 heavy (non-hydrogen) atoms. The Labute approximate surface area is 83.5 Å². The zero-order valence-corrected chi connectivity index (χ0v) is 7.44. The Morgan fingerprint density at radius 2 is 2.33 bits per heavy atom. The van der Waals surface area contributed by atoms with Crippen LogP contribution < -0.4 is 4.74 Å². The molecule has 0 fully saturated rings. The molecular formula is C9H5F2N3O. The Hall–Kier alpha value is -2.16. The Kier molecular flexibility index (Phi) is 2.21. The van der Waals surface area contributed by atoms with Crippen molar-refractivity contribution < 1.29 is 13.5 Å². The summed E-state index contributed by atoms with van der Waals surface area (Å²) >= 11 is 0. The summed E-state index contributed by atoms with van der Waals surface area (Å²) in [6.07, 6.45) is 7.12. The Morgan fingerprint density at radius 3 is 3.07 bits per heavy atom. The van der Waals surface area contributed by atoms with Crippen molar-refractivity contribution in [2.45, 2.75) is 0 Å². The maximum atomic E-state index is 13.5. The molecule has 0 aromatic carbocycles. The van der Waals surface area contributed by atoms with E-state index in [1.807, 2.05) is 0 Å². The van der Waals surface area contributed by atoms with E-state index in [-0.39, 0.29) is 12.3 Å². The first-order valence-corrected chi connectivity index (χ1v) is 3.97. The van der Waals surface area contributed by atoms with Gasteiger partial charge in [-0.2, -0.15) is 4.39 Å². The van der Waals surface area contributed by atoms with Gasteiger partial charge in [-0.25, -0.2) is 4.39 Å². The topological polar surface area (TPSA) is 39.4 Å². The molecule has 0 N–H and O–H groups in total. The highest BCUT2D eigenvalue weighted by Gasteiger charge is 2.16. The molecule has 2 rings (SSSR count). The number of nitrogens with zero attached hydrogens (tertiary/aromatic N) is 3. The average Bonchev–Trinajstić information content (AvgIpc) is 2.65. The summed E-state index contributed by atoms with van der Waals surface area (Å²) in [7, 11) is 0. The van der Waals surface area contributed by atoms with Gasteiger partial charge in [0.05, 0.1) is 6.20 Å². The number of halogens is 2. The van der Waals surface area contributed by atoms with Gasteiger partial charge < -0.3 is 4.74 Å². The highest BCUT2D eigenvalue weighted by Crippen LogP contribution is 2.23. The standard InChI is InChI=1S/C9H5F2N3O/c1-2-3-15-8-6(10)4-14-5-12-13-9(14)7(8)11/h1,4-5H,3H2. The van der Waals surface area contributed by atoms with Crippen LogP contribution in [0.15, 0.2) is 12.5 Å². The third-order valence-corrected chi connectivity index (χ3v) is 1.74. The van der Waals surface area contributed by atoms with Crippen LogP contribution >= 0.6 is 0 Å². The molecule has 0 unspecified atom stereocenters. The van der Waals surface area contributed by atoms with Gasteiger partial charge in [-0.05, 0) is 0 Å². The molecule has 76 valence electrons. The first-order chi connectivity index (χ1) is 7.24. The van der Waals surface area contributed by atoms with Crippen LogP contribution in [0.3, 0.4) is 0 Å². The van der Waals surface area contributed by atoms with Crippen LogP contribution in [-0.2, 0) is 0 Å². The number of hydrogen-bond donors (Lipinski definition) is 0. The lowest BCUT2D eigenvalue weighted by Crippen LogP contribution is -2.02. The minimum absolute atomic E-state index is 0.108. The average molecular weight is 209 g/mol. The van der Waals surface area contributed by atoms with E-state index >= 15 is 0 Å². The quantitative estimate of drug-likeness (QED) is 0.693. The lowest BCUT2D eigenvalue weighted by Gasteiger charge is -2.05. The summed E-state index contributed by atoms with van der Waals surface area (Å²) < 4.78 is 32.6. The van der Waals surface area contributed by atoms with E-state index in [1.165, 1.54) is 6.33 Å². The largest absolute Gasteiger partial charge is 0.475 e. The van der Waals surface area contributed by atoms with Crippen LogP contribution in [0.1, 0.15) is 0 Å². The van der Waals surface area contributed by atoms with Gasteiger partial charge in [-0.1, -0.05) is 5.92 Å². The fraction of sp³-hybridized carbons (Fsp3) is 0.111. The van der Waals surface area contributed by atoms with E-state index in [1.54, 1.807) is 0 Å². The molecule has 0 saturated heterocycles. The second kappa shape index (κ2) is 3.53. The van der Waals surface area contributed by atoms with Crippen molar-refractivity contribution in [3.63, 3.8) is 0 Å². The monoisotopic (exact) mass is 209 g/mol. The van der Waals surface area contributed by atoms with Gasteiger partial charge >= 0.3 is 0 Å². The Bertz CT molecular complexity index is 544. The summed E-state index contributed by atoms with van der Waals surface area (Å²) in [5.41, 5.74) is -0.108. The summed E-state index contributed by atoms with van der Waals surface area (Å²) in [5.74, 6) is -0.186. The molecule has 6 heteroatoms. The van der Waals surface area contributed by atoms with Crippen molar-refractivity contribution in [2.24, 2.45) is 0 Å². The summed E-state index contributed by atoms with van der Waals surface area (Å²) in [5, 5.41) is 6.90. The third kappa shape index (κ3) is 1.48. The Balaban J connectivity index is 2.57. The molecule has 2 aromatic rings. The number of rotatable bonds is 2. The molecule has 0 bridgehead atoms. The van der Waals surface area contributed by atoms with E-state index < -0.39 is 17.4 Å². The van der Waals surface area contributed by atoms with E-state index in [0.717, 1.165) is 10.6 Å². The molecular weight excluding hydrogens is 204 g/mol. The van der Waals surface area contributed by atoms with Gasteiger partial charge in [0, 0.05) is 0 Å². The number of pyridine rings is 1. The number of aromatic nitrogens is 3. The van der Waals surface area contributed by atoms with Crippen LogP contribution in [0.4, 0.5) is 8.78 Å². The molecule has 2 aromatic heterocycles. The minimum Gasteiger partial charge on any atom is -0.475 e. The van der Waals surface area contributed by atoms with Crippen LogP contribution in [0.25, 0.3) is 5.65 Å². The lowest BCUT2D eigenvalue weighted by atomic mass is 10.4. The van der Waals surface area contributed by atoms with Crippen LogP contribution in [-0.4, -0.2) is 21.2 Å². The number of ether oxygens (including phenoxy) is 1. The molecule has 0 spiro atoms. The fourth-order valence-electron chi connectivity index (χ4n) is 1.13. The molecule has 0 atom stereocenters. The summed E-state index contributed by atoms with van der Waals surface area (Å²) in [6, 6.07) is 0. The molecule has 0 saturated carbocycles. The first kappa shape index (κ1) is 9.40. The molecule has 2 heterocycles. The minimum atomic E-state index is -0.914. The van der Waals surface area contributed by atoms with Gasteiger partial charge in [-0.3, -0.25) is 4.40 Å². The Morgan fingerprint density at radius 1 is 1.53 bits per heavy atom. The predicted octanol–water partition coefficient (Wildman–Crippen LogP) is 1.02. The lowest BCUT2D eigenvalue weighted by molar-refractivity contribution is 0.326. The SMILES string of the molecule is C#CCOc1c(F)cn2cnnc2c1F. The van der Waals surface area contributed by atoms with Crippen molar-refractivity contribution >= 4 is 5.65 Å². The van der Waals surface area contributed by atoms with Crippen molar-refractivity contribution in [1.29, 1.82) is 0 Å². The molecule has 0 amide bonds. The van der Waals surface area contributed by atoms with Crippen LogP contribution in [0.2, 0.25) is 0 Å². The maximum Gasteiger partial charge on any atom is 0.213 e. The zero-order valence-electron chi connectivity index (χ0n) is 7.44. The smallest absolute Gasteiger partial charge is 0.213 e. The fourth-order valence-corrected chi connectivity index (χ4v) is 1.13. The van der Waals surface area contributed by atoms with Gasteiger partial charge in [0.15, 0.2) is 11.6 Å². The van der Waals surface area contributed by atoms with E-state index in [0.29, 0.717) is 0 Å². The summed E-state index contributed by atoms with van der Waals surface area (Å²) in [4.78, 5) is 0. The van der Waals surface area contributed by atoms with Crippen LogP contribution in [0.5, 0.6) is 5.75 Å². The molecule has 0 aliphatic heterocycles. The number of hydrogen-bond acceptors (Lipinski definition) is 3. The maximum absolute atomic E-state index is 13.5. The predicted molar refractivity (Wildman–Crippen MR) is 47.2 cm³/mol. The van der Waals surface area contributed by atoms with Crippen molar-refractivity contribution in [3.8, 4) is 18.1 Å². The van der Waals surface area contributed by atoms with E-state index in [9.17, 15) is 8.78 Å². The van der Waals surface area contributed by atoms with Crippen LogP contribution in [0, 0.1) is 24.0 Å². The van der Waals surface area contributed by atoms with Crippen molar-refractivity contribution in [1.82, 2.24) is 14.6 Å². The number of fused-ring (bicyclic) bond motifs is 1. The number of terminal acetylenes is 1. The molecule has 0 aliphatic rings. The molecule has 4 nitrogen and oxygen atoms in total. The normalized spacial score (nSPS) is 10.2. The summed E-state index contributed by atoms with van der Waals surface area (Å²) in [6.45, 7) is -0.210. The van der Waals surface area contributed by atoms with Crippen molar-refractivity contribution in [3.05, 3.63) is 24.2 Å². The van der Waals surface area contributed by atoms with E-state index in [4.69, 9.17) is 11.2 Å². The zero-order chi connectivity index (χ0) is 10.8.